The maximum Gasteiger partial charge on any atom is 0.211 e. The molecular formula is C12H16OSi. The van der Waals surface area contributed by atoms with Crippen LogP contribution in [0.25, 0.3) is 0 Å². The molecule has 0 spiro atoms. The van der Waals surface area contributed by atoms with E-state index in [1.165, 1.54) is 5.56 Å². The van der Waals surface area contributed by atoms with E-state index in [-0.39, 0.29) is 6.10 Å². The van der Waals surface area contributed by atoms with Crippen molar-refractivity contribution in [1.29, 1.82) is 0 Å². The summed E-state index contributed by atoms with van der Waals surface area (Å²) in [5.74, 6) is 0. The van der Waals surface area contributed by atoms with Crippen molar-refractivity contribution >= 4 is 8.32 Å². The van der Waals surface area contributed by atoms with Crippen molar-refractivity contribution in [3.63, 3.8) is 0 Å². The molecule has 2 heteroatoms. The topological polar surface area (TPSA) is 9.23 Å². The summed E-state index contributed by atoms with van der Waals surface area (Å²) >= 11 is 0. The van der Waals surface area contributed by atoms with Crippen LogP contribution in [0, 0.1) is 0 Å². The van der Waals surface area contributed by atoms with E-state index in [4.69, 9.17) is 4.43 Å². The van der Waals surface area contributed by atoms with Crippen molar-refractivity contribution in [2.75, 3.05) is 0 Å². The number of benzene rings is 1. The zero-order valence-corrected chi connectivity index (χ0v) is 9.73. The standard InChI is InChI=1S/C12H16OSi/c1-14(2)10-6-9-12(13-14)11-7-4-3-5-8-11/h3-8,10,12H,9H2,1-2H3. The van der Waals surface area contributed by atoms with Crippen LogP contribution in [0.1, 0.15) is 18.1 Å². The van der Waals surface area contributed by atoms with Gasteiger partial charge in [-0.3, -0.25) is 0 Å². The third-order valence-corrected chi connectivity index (χ3v) is 4.42. The van der Waals surface area contributed by atoms with Crippen molar-refractivity contribution in [2.24, 2.45) is 0 Å². The molecule has 1 aliphatic rings. The molecule has 1 unspecified atom stereocenters. The highest BCUT2D eigenvalue weighted by Gasteiger charge is 2.27. The predicted molar refractivity (Wildman–Crippen MR) is 61.5 cm³/mol. The molecule has 2 rings (SSSR count). The molecule has 0 bridgehead atoms. The monoisotopic (exact) mass is 204 g/mol. The lowest BCUT2D eigenvalue weighted by Gasteiger charge is -2.30. The first-order valence-electron chi connectivity index (χ1n) is 5.08. The molecule has 1 heterocycles. The third kappa shape index (κ3) is 2.14. The van der Waals surface area contributed by atoms with Crippen molar-refractivity contribution < 1.29 is 4.43 Å². The van der Waals surface area contributed by atoms with Crippen LogP contribution in [0.4, 0.5) is 0 Å². The Kier molecular flexibility index (Phi) is 2.57. The first-order valence-corrected chi connectivity index (χ1v) is 8.06. The van der Waals surface area contributed by atoms with Crippen molar-refractivity contribution in [3.05, 3.63) is 47.7 Å². The van der Waals surface area contributed by atoms with Crippen molar-refractivity contribution in [1.82, 2.24) is 0 Å². The number of hydrogen-bond donors (Lipinski definition) is 0. The highest BCUT2D eigenvalue weighted by Crippen LogP contribution is 2.29. The molecular weight excluding hydrogens is 188 g/mol. The quantitative estimate of drug-likeness (QED) is 0.637. The molecule has 0 saturated carbocycles. The zero-order chi connectivity index (χ0) is 10.0. The number of rotatable bonds is 1. The number of hydrogen-bond acceptors (Lipinski definition) is 1. The smallest absolute Gasteiger partial charge is 0.211 e. The first-order chi connectivity index (χ1) is 6.67. The Morgan fingerprint density at radius 2 is 1.93 bits per heavy atom. The van der Waals surface area contributed by atoms with Gasteiger partial charge in [-0.2, -0.15) is 0 Å². The third-order valence-electron chi connectivity index (χ3n) is 2.49. The van der Waals surface area contributed by atoms with Gasteiger partial charge in [0.25, 0.3) is 0 Å². The molecule has 1 aliphatic heterocycles. The summed E-state index contributed by atoms with van der Waals surface area (Å²) in [7, 11) is -1.52. The Hall–Kier alpha value is -0.863. The van der Waals surface area contributed by atoms with Crippen LogP contribution in [-0.2, 0) is 4.43 Å². The van der Waals surface area contributed by atoms with Gasteiger partial charge in [-0.05, 0) is 25.1 Å². The minimum Gasteiger partial charge on any atom is -0.406 e. The minimum absolute atomic E-state index is 0.280. The van der Waals surface area contributed by atoms with E-state index in [0.29, 0.717) is 0 Å². The first kappa shape index (κ1) is 9.68. The molecule has 1 aromatic carbocycles. The van der Waals surface area contributed by atoms with Crippen molar-refractivity contribution in [2.45, 2.75) is 25.6 Å². The highest BCUT2D eigenvalue weighted by molar-refractivity contribution is 6.76. The molecule has 0 radical (unpaired) electrons. The molecule has 1 atom stereocenters. The molecule has 0 amide bonds. The van der Waals surface area contributed by atoms with Gasteiger partial charge in [0.1, 0.15) is 0 Å². The largest absolute Gasteiger partial charge is 0.406 e. The van der Waals surface area contributed by atoms with Gasteiger partial charge in [-0.1, -0.05) is 42.1 Å². The summed E-state index contributed by atoms with van der Waals surface area (Å²) < 4.78 is 6.11. The fraction of sp³-hybridized carbons (Fsp3) is 0.333. The maximum atomic E-state index is 6.11. The summed E-state index contributed by atoms with van der Waals surface area (Å²) in [5, 5.41) is 0. The molecule has 1 nitrogen and oxygen atoms in total. The van der Waals surface area contributed by atoms with Crippen LogP contribution in [0.2, 0.25) is 13.1 Å². The van der Waals surface area contributed by atoms with E-state index in [1.807, 2.05) is 6.07 Å². The lowest BCUT2D eigenvalue weighted by molar-refractivity contribution is 0.198. The second kappa shape index (κ2) is 3.71. The van der Waals surface area contributed by atoms with Gasteiger partial charge in [0, 0.05) is 0 Å². The molecule has 1 aromatic rings. The second-order valence-corrected chi connectivity index (χ2v) is 8.03. The predicted octanol–water partition coefficient (Wildman–Crippen LogP) is 3.45. The van der Waals surface area contributed by atoms with Crippen molar-refractivity contribution in [3.8, 4) is 0 Å². The van der Waals surface area contributed by atoms with Crippen LogP contribution in [0.3, 0.4) is 0 Å². The zero-order valence-electron chi connectivity index (χ0n) is 8.73. The fourth-order valence-corrected chi connectivity index (χ4v) is 3.55. The molecule has 0 N–H and O–H groups in total. The summed E-state index contributed by atoms with van der Waals surface area (Å²) in [5.41, 5.74) is 3.57. The molecule has 74 valence electrons. The van der Waals surface area contributed by atoms with E-state index in [2.05, 4.69) is 49.1 Å². The van der Waals surface area contributed by atoms with Crippen LogP contribution < -0.4 is 0 Å². The van der Waals surface area contributed by atoms with E-state index in [0.717, 1.165) is 6.42 Å². The Bertz CT molecular complexity index is 329. The van der Waals surface area contributed by atoms with Crippen LogP contribution in [-0.4, -0.2) is 8.32 Å². The van der Waals surface area contributed by atoms with Gasteiger partial charge in [0.2, 0.25) is 8.32 Å². The Morgan fingerprint density at radius 3 is 2.57 bits per heavy atom. The average Bonchev–Trinajstić information content (AvgIpc) is 2.18. The summed E-state index contributed by atoms with van der Waals surface area (Å²) in [4.78, 5) is 0. The molecule has 14 heavy (non-hydrogen) atoms. The lowest BCUT2D eigenvalue weighted by Crippen LogP contribution is -2.32. The summed E-state index contributed by atoms with van der Waals surface area (Å²) in [6.07, 6.45) is 3.57. The van der Waals surface area contributed by atoms with Gasteiger partial charge in [0.15, 0.2) is 0 Å². The molecule has 0 saturated heterocycles. The van der Waals surface area contributed by atoms with Gasteiger partial charge < -0.3 is 4.43 Å². The summed E-state index contributed by atoms with van der Waals surface area (Å²) in [6.45, 7) is 4.47. The fourth-order valence-electron chi connectivity index (χ4n) is 1.80. The molecule has 0 aromatic heterocycles. The Morgan fingerprint density at radius 1 is 1.21 bits per heavy atom. The SMILES string of the molecule is C[Si]1(C)C=CCC(c2ccccc2)O1. The van der Waals surface area contributed by atoms with E-state index in [1.54, 1.807) is 0 Å². The average molecular weight is 204 g/mol. The Labute approximate surface area is 86.5 Å². The van der Waals surface area contributed by atoms with Gasteiger partial charge >= 0.3 is 0 Å². The van der Waals surface area contributed by atoms with Crippen LogP contribution in [0.5, 0.6) is 0 Å². The van der Waals surface area contributed by atoms with Crippen LogP contribution >= 0.6 is 0 Å². The van der Waals surface area contributed by atoms with E-state index < -0.39 is 8.32 Å². The normalized spacial score (nSPS) is 24.9. The van der Waals surface area contributed by atoms with E-state index in [9.17, 15) is 0 Å². The van der Waals surface area contributed by atoms with Crippen LogP contribution in [0.15, 0.2) is 42.1 Å². The minimum atomic E-state index is -1.52. The van der Waals surface area contributed by atoms with Gasteiger partial charge in [-0.15, -0.1) is 0 Å². The van der Waals surface area contributed by atoms with E-state index >= 15 is 0 Å². The maximum absolute atomic E-state index is 6.11. The van der Waals surface area contributed by atoms with Gasteiger partial charge in [0.05, 0.1) is 6.10 Å². The molecule has 0 aliphatic carbocycles. The molecule has 0 fully saturated rings. The highest BCUT2D eigenvalue weighted by atomic mass is 28.4. The Balaban J connectivity index is 2.19. The lowest BCUT2D eigenvalue weighted by atomic mass is 10.1. The summed E-state index contributed by atoms with van der Waals surface area (Å²) in [6, 6.07) is 10.5. The second-order valence-electron chi connectivity index (χ2n) is 4.26. The van der Waals surface area contributed by atoms with Gasteiger partial charge in [-0.25, -0.2) is 0 Å².